The molecule has 4 aromatic rings. The van der Waals surface area contributed by atoms with Crippen LogP contribution in [0, 0.1) is 6.92 Å². The maximum atomic E-state index is 12.3. The summed E-state index contributed by atoms with van der Waals surface area (Å²) in [7, 11) is 0. The lowest BCUT2D eigenvalue weighted by Crippen LogP contribution is -2.22. The fraction of sp³-hybridized carbons (Fsp3) is 0.200. The van der Waals surface area contributed by atoms with Gasteiger partial charge in [-0.3, -0.25) is 4.79 Å². The average molecular weight is 438 g/mol. The first kappa shape index (κ1) is 20.2. The van der Waals surface area contributed by atoms with Crippen LogP contribution >= 0.6 is 23.1 Å². The monoisotopic (exact) mass is 437 g/mol. The number of aryl methyl sites for hydroxylation is 1. The Balaban J connectivity index is 1.31. The molecule has 0 aliphatic heterocycles. The molecule has 30 heavy (non-hydrogen) atoms. The summed E-state index contributed by atoms with van der Waals surface area (Å²) in [6, 6.07) is 18.0. The Hall–Kier alpha value is -3.11. The summed E-state index contributed by atoms with van der Waals surface area (Å²) in [6.07, 6.45) is 0. The Labute approximate surface area is 181 Å². The number of hydrogen-bond acceptors (Lipinski definition) is 8. The van der Waals surface area contributed by atoms with Crippen LogP contribution in [0.5, 0.6) is 0 Å². The van der Waals surface area contributed by atoms with Gasteiger partial charge >= 0.3 is 0 Å². The van der Waals surface area contributed by atoms with E-state index in [4.69, 9.17) is 0 Å². The standard InChI is InChI=1S/C20H19N7OS2/c1-14-7-9-15(10-8-14)11-21-18(28)19-23-22-17(30-19)13-29-20-24-25-26-27(20)12-16-5-3-2-4-6-16/h2-10H,11-13H2,1H3,(H,21,28). The molecule has 0 atom stereocenters. The molecule has 0 unspecified atom stereocenters. The van der Waals surface area contributed by atoms with Gasteiger partial charge in [0.25, 0.3) is 5.91 Å². The number of carbonyl (C=O) groups excluding carboxylic acids is 1. The summed E-state index contributed by atoms with van der Waals surface area (Å²) < 4.78 is 1.75. The van der Waals surface area contributed by atoms with Crippen molar-refractivity contribution in [1.82, 2.24) is 35.7 Å². The van der Waals surface area contributed by atoms with E-state index in [1.807, 2.05) is 61.5 Å². The van der Waals surface area contributed by atoms with E-state index >= 15 is 0 Å². The minimum absolute atomic E-state index is 0.224. The van der Waals surface area contributed by atoms with Crippen molar-refractivity contribution in [2.45, 2.75) is 30.9 Å². The fourth-order valence-corrected chi connectivity index (χ4v) is 4.27. The highest BCUT2D eigenvalue weighted by Gasteiger charge is 2.14. The molecule has 4 rings (SSSR count). The summed E-state index contributed by atoms with van der Waals surface area (Å²) >= 11 is 2.74. The zero-order valence-electron chi connectivity index (χ0n) is 16.2. The number of nitrogens with zero attached hydrogens (tertiary/aromatic N) is 6. The van der Waals surface area contributed by atoms with Crippen molar-refractivity contribution in [2.75, 3.05) is 0 Å². The molecule has 10 heteroatoms. The van der Waals surface area contributed by atoms with Gasteiger partial charge in [0.15, 0.2) is 0 Å². The zero-order valence-corrected chi connectivity index (χ0v) is 17.9. The highest BCUT2D eigenvalue weighted by molar-refractivity contribution is 7.98. The van der Waals surface area contributed by atoms with Crippen LogP contribution in [-0.4, -0.2) is 36.3 Å². The first-order chi connectivity index (χ1) is 14.7. The molecule has 0 spiro atoms. The van der Waals surface area contributed by atoms with E-state index in [9.17, 15) is 4.79 Å². The number of hydrogen-bond donors (Lipinski definition) is 1. The molecule has 0 aliphatic rings. The zero-order chi connectivity index (χ0) is 20.8. The van der Waals surface area contributed by atoms with Crippen molar-refractivity contribution in [1.29, 1.82) is 0 Å². The average Bonchev–Trinajstić information content (AvgIpc) is 3.42. The van der Waals surface area contributed by atoms with Crippen LogP contribution in [-0.2, 0) is 18.8 Å². The largest absolute Gasteiger partial charge is 0.346 e. The van der Waals surface area contributed by atoms with Gasteiger partial charge in [-0.25, -0.2) is 4.68 Å². The first-order valence-electron chi connectivity index (χ1n) is 9.26. The SMILES string of the molecule is Cc1ccc(CNC(=O)c2nnc(CSc3nnnn3Cc3ccccc3)s2)cc1. The maximum absolute atomic E-state index is 12.3. The molecule has 152 valence electrons. The molecule has 0 saturated heterocycles. The number of carbonyl (C=O) groups is 1. The molecule has 1 amide bonds. The van der Waals surface area contributed by atoms with E-state index in [1.165, 1.54) is 28.7 Å². The summed E-state index contributed by atoms with van der Waals surface area (Å²) in [4.78, 5) is 12.3. The van der Waals surface area contributed by atoms with Gasteiger partial charge in [0, 0.05) is 6.54 Å². The van der Waals surface area contributed by atoms with Crippen LogP contribution in [0.15, 0.2) is 59.8 Å². The summed E-state index contributed by atoms with van der Waals surface area (Å²) in [6.45, 7) is 3.08. The van der Waals surface area contributed by atoms with Crippen LogP contribution in [0.4, 0.5) is 0 Å². The molecular formula is C20H19N7OS2. The highest BCUT2D eigenvalue weighted by Crippen LogP contribution is 2.22. The van der Waals surface area contributed by atoms with Gasteiger partial charge in [-0.2, -0.15) is 0 Å². The number of nitrogens with one attached hydrogen (secondary N) is 1. The normalized spacial score (nSPS) is 10.8. The van der Waals surface area contributed by atoms with E-state index in [0.29, 0.717) is 29.0 Å². The summed E-state index contributed by atoms with van der Waals surface area (Å²) in [5.41, 5.74) is 3.35. The molecule has 8 nitrogen and oxygen atoms in total. The molecule has 2 heterocycles. The van der Waals surface area contributed by atoms with E-state index in [-0.39, 0.29) is 5.91 Å². The highest BCUT2D eigenvalue weighted by atomic mass is 32.2. The molecule has 2 aromatic heterocycles. The van der Waals surface area contributed by atoms with E-state index < -0.39 is 0 Å². The van der Waals surface area contributed by atoms with Gasteiger partial charge in [-0.15, -0.1) is 15.3 Å². The van der Waals surface area contributed by atoms with Gasteiger partial charge in [0.1, 0.15) is 5.01 Å². The summed E-state index contributed by atoms with van der Waals surface area (Å²) in [5, 5.41) is 24.7. The number of amides is 1. The molecule has 0 aliphatic carbocycles. The van der Waals surface area contributed by atoms with E-state index in [1.54, 1.807) is 4.68 Å². The predicted octanol–water partition coefficient (Wildman–Crippen LogP) is 3.10. The number of rotatable bonds is 8. The molecule has 2 aromatic carbocycles. The Morgan fingerprint density at radius 3 is 2.63 bits per heavy atom. The van der Waals surface area contributed by atoms with Crippen LogP contribution in [0.1, 0.15) is 31.5 Å². The van der Waals surface area contributed by atoms with Crippen molar-refractivity contribution in [3.8, 4) is 0 Å². The summed E-state index contributed by atoms with van der Waals surface area (Å²) in [5.74, 6) is 0.316. The number of benzene rings is 2. The second-order valence-electron chi connectivity index (χ2n) is 6.56. The molecule has 0 saturated carbocycles. The van der Waals surface area contributed by atoms with Gasteiger partial charge in [0.05, 0.1) is 12.3 Å². The van der Waals surface area contributed by atoms with Gasteiger partial charge < -0.3 is 5.32 Å². The quantitative estimate of drug-likeness (QED) is 0.423. The second-order valence-corrected chi connectivity index (χ2v) is 8.57. The van der Waals surface area contributed by atoms with Crippen LogP contribution in [0.25, 0.3) is 0 Å². The predicted molar refractivity (Wildman–Crippen MR) is 115 cm³/mol. The Kier molecular flexibility index (Phi) is 6.45. The van der Waals surface area contributed by atoms with E-state index in [2.05, 4.69) is 31.0 Å². The van der Waals surface area contributed by atoms with Crippen molar-refractivity contribution < 1.29 is 4.79 Å². The van der Waals surface area contributed by atoms with Crippen molar-refractivity contribution in [3.63, 3.8) is 0 Å². The van der Waals surface area contributed by atoms with Gasteiger partial charge in [-0.05, 0) is 28.5 Å². The topological polar surface area (TPSA) is 98.5 Å². The first-order valence-corrected chi connectivity index (χ1v) is 11.1. The number of thioether (sulfide) groups is 1. The lowest BCUT2D eigenvalue weighted by molar-refractivity contribution is 0.0950. The third kappa shape index (κ3) is 5.28. The van der Waals surface area contributed by atoms with Crippen molar-refractivity contribution >= 4 is 29.0 Å². The minimum Gasteiger partial charge on any atom is -0.346 e. The number of tetrazole rings is 1. The second kappa shape index (κ2) is 9.59. The third-order valence-corrected chi connectivity index (χ3v) is 6.31. The Bertz CT molecular complexity index is 1110. The minimum atomic E-state index is -0.224. The lowest BCUT2D eigenvalue weighted by Gasteiger charge is -2.03. The Morgan fingerprint density at radius 2 is 1.83 bits per heavy atom. The van der Waals surface area contributed by atoms with Crippen LogP contribution < -0.4 is 5.32 Å². The number of aromatic nitrogens is 6. The van der Waals surface area contributed by atoms with E-state index in [0.717, 1.165) is 16.1 Å². The fourth-order valence-electron chi connectivity index (χ4n) is 2.65. The maximum Gasteiger partial charge on any atom is 0.282 e. The molecule has 0 bridgehead atoms. The van der Waals surface area contributed by atoms with Gasteiger partial charge in [-0.1, -0.05) is 83.3 Å². The molecular weight excluding hydrogens is 418 g/mol. The van der Waals surface area contributed by atoms with Gasteiger partial charge in [0.2, 0.25) is 10.2 Å². The lowest BCUT2D eigenvalue weighted by atomic mass is 10.1. The molecule has 1 N–H and O–H groups in total. The van der Waals surface area contributed by atoms with Crippen LogP contribution in [0.2, 0.25) is 0 Å². The van der Waals surface area contributed by atoms with Crippen LogP contribution in [0.3, 0.4) is 0 Å². The Morgan fingerprint density at radius 1 is 1.03 bits per heavy atom. The van der Waals surface area contributed by atoms with Crippen molar-refractivity contribution in [2.24, 2.45) is 0 Å². The molecule has 0 fully saturated rings. The third-order valence-electron chi connectivity index (χ3n) is 4.23. The van der Waals surface area contributed by atoms with Crippen molar-refractivity contribution in [3.05, 3.63) is 81.3 Å². The molecule has 0 radical (unpaired) electrons. The smallest absolute Gasteiger partial charge is 0.282 e.